The van der Waals surface area contributed by atoms with E-state index in [1.807, 2.05) is 25.1 Å². The zero-order valence-electron chi connectivity index (χ0n) is 12.1. The molecule has 1 atom stereocenters. The number of nitrogens with one attached hydrogen (secondary N) is 1. The van der Waals surface area contributed by atoms with Crippen molar-refractivity contribution in [3.05, 3.63) is 71.3 Å². The van der Waals surface area contributed by atoms with Crippen molar-refractivity contribution in [3.63, 3.8) is 0 Å². The maximum atomic E-state index is 13.6. The number of rotatable bonds is 5. The van der Waals surface area contributed by atoms with E-state index in [9.17, 15) is 8.78 Å². The second-order valence-electron chi connectivity index (χ2n) is 5.72. The molecule has 1 fully saturated rings. The highest BCUT2D eigenvalue weighted by molar-refractivity contribution is 5.38. The second kappa shape index (κ2) is 5.57. The lowest BCUT2D eigenvalue weighted by Gasteiger charge is -2.29. The normalized spacial score (nSPS) is 17.5. The minimum absolute atomic E-state index is 0.0441. The van der Waals surface area contributed by atoms with Crippen molar-refractivity contribution in [1.82, 2.24) is 5.32 Å². The van der Waals surface area contributed by atoms with Gasteiger partial charge in [0.05, 0.1) is 0 Å². The molecule has 2 aromatic carbocycles. The fourth-order valence-electron chi connectivity index (χ4n) is 3.23. The first-order valence-corrected chi connectivity index (χ1v) is 7.40. The molecule has 1 saturated carbocycles. The van der Waals surface area contributed by atoms with Crippen molar-refractivity contribution < 1.29 is 8.78 Å². The molecule has 1 unspecified atom stereocenters. The molecule has 0 spiro atoms. The number of hydrogen-bond donors (Lipinski definition) is 1. The molecule has 0 amide bonds. The lowest BCUT2D eigenvalue weighted by atomic mass is 9.83. The van der Waals surface area contributed by atoms with Crippen LogP contribution in [0.5, 0.6) is 0 Å². The zero-order chi connectivity index (χ0) is 14.9. The molecule has 0 aromatic heterocycles. The lowest BCUT2D eigenvalue weighted by molar-refractivity contribution is 0.434. The molecule has 2 aromatic rings. The van der Waals surface area contributed by atoms with Crippen molar-refractivity contribution >= 4 is 0 Å². The number of halogens is 2. The summed E-state index contributed by atoms with van der Waals surface area (Å²) in [4.78, 5) is 0. The minimum Gasteiger partial charge on any atom is -0.309 e. The van der Waals surface area contributed by atoms with Gasteiger partial charge < -0.3 is 5.32 Å². The van der Waals surface area contributed by atoms with Crippen molar-refractivity contribution in [1.29, 1.82) is 0 Å². The van der Waals surface area contributed by atoms with E-state index < -0.39 is 11.6 Å². The van der Waals surface area contributed by atoms with Crippen molar-refractivity contribution in [2.45, 2.75) is 31.2 Å². The Balaban J connectivity index is 2.02. The maximum absolute atomic E-state index is 13.6. The van der Waals surface area contributed by atoms with Gasteiger partial charge in [-0.15, -0.1) is 0 Å². The maximum Gasteiger partial charge on any atom is 0.126 e. The smallest absolute Gasteiger partial charge is 0.126 e. The van der Waals surface area contributed by atoms with Crippen LogP contribution in [-0.2, 0) is 5.41 Å². The van der Waals surface area contributed by atoms with Crippen LogP contribution in [0.25, 0.3) is 0 Å². The Kier molecular flexibility index (Phi) is 3.77. The average Bonchev–Trinajstić information content (AvgIpc) is 3.26. The summed E-state index contributed by atoms with van der Waals surface area (Å²) in [6.07, 6.45) is 2.07. The van der Waals surface area contributed by atoms with E-state index >= 15 is 0 Å². The molecule has 3 heteroatoms. The topological polar surface area (TPSA) is 12.0 Å². The first-order valence-electron chi connectivity index (χ1n) is 7.40. The molecule has 0 heterocycles. The van der Waals surface area contributed by atoms with Crippen molar-refractivity contribution in [3.8, 4) is 0 Å². The van der Waals surface area contributed by atoms with Crippen LogP contribution in [0.4, 0.5) is 8.78 Å². The van der Waals surface area contributed by atoms with Crippen LogP contribution in [0, 0.1) is 11.6 Å². The Morgan fingerprint density at radius 2 is 1.67 bits per heavy atom. The van der Waals surface area contributed by atoms with Crippen LogP contribution in [0.3, 0.4) is 0 Å². The first-order chi connectivity index (χ1) is 10.2. The molecule has 0 radical (unpaired) electrons. The zero-order valence-corrected chi connectivity index (χ0v) is 12.1. The number of likely N-dealkylation sites (N-methyl/N-ethyl adjacent to an activating group) is 1. The molecule has 1 nitrogen and oxygen atoms in total. The van der Waals surface area contributed by atoms with Gasteiger partial charge in [-0.1, -0.05) is 37.3 Å². The van der Waals surface area contributed by atoms with E-state index in [0.29, 0.717) is 5.56 Å². The second-order valence-corrected chi connectivity index (χ2v) is 5.72. The Bertz CT molecular complexity index is 600. The number of hydrogen-bond acceptors (Lipinski definition) is 1. The van der Waals surface area contributed by atoms with E-state index in [4.69, 9.17) is 0 Å². The monoisotopic (exact) mass is 287 g/mol. The van der Waals surface area contributed by atoms with Gasteiger partial charge in [0.25, 0.3) is 0 Å². The SMILES string of the molecule is CCNC(c1cc(F)cc(F)c1)C1(c2ccccc2)CC1. The molecule has 0 bridgehead atoms. The van der Waals surface area contributed by atoms with Gasteiger partial charge in [0, 0.05) is 17.5 Å². The minimum atomic E-state index is -0.517. The van der Waals surface area contributed by atoms with Crippen LogP contribution in [0.15, 0.2) is 48.5 Å². The Morgan fingerprint density at radius 3 is 2.19 bits per heavy atom. The number of benzene rings is 2. The van der Waals surface area contributed by atoms with E-state index in [1.165, 1.54) is 17.7 Å². The highest BCUT2D eigenvalue weighted by Gasteiger charge is 2.51. The van der Waals surface area contributed by atoms with Gasteiger partial charge in [-0.2, -0.15) is 0 Å². The van der Waals surface area contributed by atoms with Crippen molar-refractivity contribution in [2.24, 2.45) is 0 Å². The Hall–Kier alpha value is -1.74. The lowest BCUT2D eigenvalue weighted by Crippen LogP contribution is -2.32. The molecule has 3 rings (SSSR count). The van der Waals surface area contributed by atoms with Gasteiger partial charge in [0.15, 0.2) is 0 Å². The summed E-state index contributed by atoms with van der Waals surface area (Å²) < 4.78 is 27.1. The van der Waals surface area contributed by atoms with Gasteiger partial charge in [-0.3, -0.25) is 0 Å². The highest BCUT2D eigenvalue weighted by Crippen LogP contribution is 2.56. The fourth-order valence-corrected chi connectivity index (χ4v) is 3.23. The van der Waals surface area contributed by atoms with E-state index in [-0.39, 0.29) is 11.5 Å². The summed E-state index contributed by atoms with van der Waals surface area (Å²) in [7, 11) is 0. The molecule has 1 aliphatic rings. The summed E-state index contributed by atoms with van der Waals surface area (Å²) >= 11 is 0. The molecule has 0 aliphatic heterocycles. The molecule has 21 heavy (non-hydrogen) atoms. The molecule has 1 aliphatic carbocycles. The third kappa shape index (κ3) is 2.70. The summed E-state index contributed by atoms with van der Waals surface area (Å²) in [5.41, 5.74) is 1.88. The highest BCUT2D eigenvalue weighted by atomic mass is 19.1. The molecule has 1 N–H and O–H groups in total. The van der Waals surface area contributed by atoms with E-state index in [2.05, 4.69) is 17.4 Å². The third-order valence-corrected chi connectivity index (χ3v) is 4.32. The molecular weight excluding hydrogens is 268 g/mol. The van der Waals surface area contributed by atoms with E-state index in [0.717, 1.165) is 25.5 Å². The first kappa shape index (κ1) is 14.2. The predicted molar refractivity (Wildman–Crippen MR) is 80.1 cm³/mol. The Labute approximate surface area is 124 Å². The quantitative estimate of drug-likeness (QED) is 0.862. The van der Waals surface area contributed by atoms with Gasteiger partial charge in [-0.05, 0) is 42.6 Å². The average molecular weight is 287 g/mol. The summed E-state index contributed by atoms with van der Waals surface area (Å²) in [5, 5.41) is 3.42. The third-order valence-electron chi connectivity index (χ3n) is 4.32. The van der Waals surface area contributed by atoms with Crippen LogP contribution in [-0.4, -0.2) is 6.54 Å². The fraction of sp³-hybridized carbons (Fsp3) is 0.333. The largest absolute Gasteiger partial charge is 0.309 e. The Morgan fingerprint density at radius 1 is 1.05 bits per heavy atom. The predicted octanol–water partition coefficient (Wildman–Crippen LogP) is 4.35. The van der Waals surface area contributed by atoms with E-state index in [1.54, 1.807) is 0 Å². The van der Waals surface area contributed by atoms with Crippen LogP contribution in [0.1, 0.15) is 36.9 Å². The standard InChI is InChI=1S/C18H19F2N/c1-2-21-17(13-10-15(19)12-16(20)11-13)18(8-9-18)14-6-4-3-5-7-14/h3-7,10-12,17,21H,2,8-9H2,1H3. The van der Waals surface area contributed by atoms with Crippen LogP contribution in [0.2, 0.25) is 0 Å². The summed E-state index contributed by atoms with van der Waals surface area (Å²) in [5.74, 6) is -1.03. The molecule has 0 saturated heterocycles. The van der Waals surface area contributed by atoms with Crippen molar-refractivity contribution in [2.75, 3.05) is 6.54 Å². The van der Waals surface area contributed by atoms with Gasteiger partial charge >= 0.3 is 0 Å². The van der Waals surface area contributed by atoms with Gasteiger partial charge in [-0.25, -0.2) is 8.78 Å². The summed E-state index contributed by atoms with van der Waals surface area (Å²) in [6, 6.07) is 14.0. The van der Waals surface area contributed by atoms with Crippen LogP contribution >= 0.6 is 0 Å². The van der Waals surface area contributed by atoms with Crippen LogP contribution < -0.4 is 5.32 Å². The van der Waals surface area contributed by atoms with Gasteiger partial charge in [0.2, 0.25) is 0 Å². The van der Waals surface area contributed by atoms with Gasteiger partial charge in [0.1, 0.15) is 11.6 Å². The molecular formula is C18H19F2N. The summed E-state index contributed by atoms with van der Waals surface area (Å²) in [6.45, 7) is 2.78. The molecule has 110 valence electrons.